The first-order valence-electron chi connectivity index (χ1n) is 8.07. The fourth-order valence-electron chi connectivity index (χ4n) is 3.45. The normalized spacial score (nSPS) is 23.6. The second-order valence-corrected chi connectivity index (χ2v) is 7.41. The van der Waals surface area contributed by atoms with E-state index < -0.39 is 12.0 Å². The van der Waals surface area contributed by atoms with Gasteiger partial charge in [0.25, 0.3) is 5.56 Å². The molecule has 1 aromatic rings. The van der Waals surface area contributed by atoms with Gasteiger partial charge in [-0.1, -0.05) is 0 Å². The quantitative estimate of drug-likeness (QED) is 0.542. The van der Waals surface area contributed by atoms with Gasteiger partial charge < -0.3 is 14.6 Å². The van der Waals surface area contributed by atoms with Crippen molar-refractivity contribution in [2.24, 2.45) is 0 Å². The van der Waals surface area contributed by atoms with Crippen LogP contribution in [-0.4, -0.2) is 47.5 Å². The zero-order valence-corrected chi connectivity index (χ0v) is 14.6. The average molecular weight is 342 g/mol. The Kier molecular flexibility index (Phi) is 5.48. The van der Waals surface area contributed by atoms with Gasteiger partial charge in [0, 0.05) is 31.5 Å². The van der Waals surface area contributed by atoms with Crippen molar-refractivity contribution in [1.29, 1.82) is 0 Å². The molecule has 1 saturated carbocycles. The van der Waals surface area contributed by atoms with E-state index in [2.05, 4.69) is 4.90 Å². The zero-order valence-electron chi connectivity index (χ0n) is 13.8. The number of aromatic nitrogens is 1. The number of carbonyl (C=O) groups is 1. The Labute approximate surface area is 156 Å². The first-order valence-corrected chi connectivity index (χ1v) is 9.06. The number of ether oxygens (including phenoxy) is 1. The minimum absolute atomic E-state index is 0. The first-order chi connectivity index (χ1) is 11.1. The van der Waals surface area contributed by atoms with Gasteiger partial charge in [-0.2, -0.15) is 0 Å². The number of hydrogen-bond acceptors (Lipinski definition) is 6. The number of carbonyl (C=O) groups excluding carboxylic acids is 1. The molecule has 2 aliphatic heterocycles. The van der Waals surface area contributed by atoms with Gasteiger partial charge in [0.1, 0.15) is 0 Å². The number of hydrogen-bond donors (Lipinski definition) is 0. The smallest absolute Gasteiger partial charge is 0.548 e. The van der Waals surface area contributed by atoms with Crippen molar-refractivity contribution in [1.82, 2.24) is 9.47 Å². The molecule has 8 heteroatoms. The molecular formula is C16H19LiN2O4S. The van der Waals surface area contributed by atoms with E-state index in [0.717, 1.165) is 56.3 Å². The topological polar surface area (TPSA) is 74.6 Å². The Morgan fingerprint density at radius 1 is 1.33 bits per heavy atom. The molecule has 6 nitrogen and oxygen atoms in total. The molecule has 0 bridgehead atoms. The number of aliphatic carboxylic acids is 1. The Morgan fingerprint density at radius 3 is 2.67 bits per heavy atom. The van der Waals surface area contributed by atoms with Gasteiger partial charge in [0.15, 0.2) is 0 Å². The van der Waals surface area contributed by atoms with Crippen molar-refractivity contribution in [2.45, 2.75) is 36.4 Å². The zero-order chi connectivity index (χ0) is 16.0. The molecular weight excluding hydrogens is 323 g/mol. The number of thioether (sulfide) groups is 1. The third-order valence-electron chi connectivity index (χ3n) is 4.78. The number of morpholine rings is 1. The summed E-state index contributed by atoms with van der Waals surface area (Å²) in [7, 11) is 0. The molecule has 24 heavy (non-hydrogen) atoms. The number of fused-ring (bicyclic) bond motifs is 1. The Bertz CT molecular complexity index is 698. The maximum atomic E-state index is 12.5. The van der Waals surface area contributed by atoms with Crippen LogP contribution in [0.4, 0.5) is 0 Å². The first kappa shape index (κ1) is 18.1. The van der Waals surface area contributed by atoms with Crippen LogP contribution >= 0.6 is 11.8 Å². The molecule has 124 valence electrons. The third kappa shape index (κ3) is 3.33. The van der Waals surface area contributed by atoms with E-state index in [1.165, 1.54) is 21.9 Å². The van der Waals surface area contributed by atoms with Gasteiger partial charge in [-0.3, -0.25) is 14.3 Å². The third-order valence-corrected chi connectivity index (χ3v) is 5.95. The van der Waals surface area contributed by atoms with E-state index in [9.17, 15) is 14.7 Å². The molecule has 0 spiro atoms. The molecule has 0 unspecified atom stereocenters. The van der Waals surface area contributed by atoms with Crippen LogP contribution in [0.15, 0.2) is 15.9 Å². The van der Waals surface area contributed by atoms with E-state index in [-0.39, 0.29) is 24.4 Å². The number of carboxylic acids is 1. The van der Waals surface area contributed by atoms with Crippen LogP contribution in [0, 0.1) is 0 Å². The summed E-state index contributed by atoms with van der Waals surface area (Å²) >= 11 is 1.49. The van der Waals surface area contributed by atoms with Crippen LogP contribution in [0.1, 0.15) is 35.9 Å². The molecule has 2 fully saturated rings. The molecule has 1 aromatic heterocycles. The van der Waals surface area contributed by atoms with Gasteiger partial charge in [-0.25, -0.2) is 0 Å². The van der Waals surface area contributed by atoms with Crippen molar-refractivity contribution < 1.29 is 33.5 Å². The van der Waals surface area contributed by atoms with Crippen molar-refractivity contribution in [2.75, 3.05) is 32.1 Å². The molecule has 4 rings (SSSR count). The minimum atomic E-state index is -1.17. The summed E-state index contributed by atoms with van der Waals surface area (Å²) in [5, 5.41) is 12.2. The Morgan fingerprint density at radius 2 is 2.04 bits per heavy atom. The van der Waals surface area contributed by atoms with E-state index in [1.807, 2.05) is 0 Å². The number of pyridine rings is 1. The molecule has 0 N–H and O–H groups in total. The van der Waals surface area contributed by atoms with Gasteiger partial charge >= 0.3 is 18.9 Å². The summed E-state index contributed by atoms with van der Waals surface area (Å²) in [5.41, 5.74) is 2.05. The molecule has 3 aliphatic rings. The summed E-state index contributed by atoms with van der Waals surface area (Å²) < 4.78 is 6.82. The number of rotatable bonds is 4. The second kappa shape index (κ2) is 7.26. The summed E-state index contributed by atoms with van der Waals surface area (Å²) in [4.78, 5) is 26.1. The van der Waals surface area contributed by atoms with Gasteiger partial charge in [-0.05, 0) is 29.9 Å². The van der Waals surface area contributed by atoms with Crippen LogP contribution in [0.3, 0.4) is 0 Å². The second-order valence-electron chi connectivity index (χ2n) is 6.41. The van der Waals surface area contributed by atoms with Gasteiger partial charge in [0.05, 0.1) is 30.3 Å². The average Bonchev–Trinajstić information content (AvgIpc) is 3.25. The molecule has 1 saturated heterocycles. The largest absolute Gasteiger partial charge is 1.00 e. The maximum absolute atomic E-state index is 12.5. The fourth-order valence-corrected chi connectivity index (χ4v) is 4.86. The van der Waals surface area contributed by atoms with Crippen LogP contribution < -0.4 is 29.5 Å². The van der Waals surface area contributed by atoms with Crippen molar-refractivity contribution >= 4 is 17.7 Å². The van der Waals surface area contributed by atoms with Crippen LogP contribution in [0.2, 0.25) is 0 Å². The number of nitrogens with zero attached hydrogens (tertiary/aromatic N) is 2. The summed E-state index contributed by atoms with van der Waals surface area (Å²) in [5.74, 6) is -0.305. The predicted molar refractivity (Wildman–Crippen MR) is 83.5 cm³/mol. The molecule has 0 aromatic carbocycles. The van der Waals surface area contributed by atoms with Crippen LogP contribution in [0.5, 0.6) is 0 Å². The van der Waals surface area contributed by atoms with Crippen molar-refractivity contribution in [3.05, 3.63) is 27.5 Å². The SMILES string of the molecule is O=C([O-])[C@@H]1CSc2c(C3CC3)c(CN3CCOCC3)cc(=O)n21.[Li+]. The molecule has 1 aliphatic carbocycles. The van der Waals surface area contributed by atoms with Gasteiger partial charge in [-0.15, -0.1) is 11.8 Å². The van der Waals surface area contributed by atoms with Crippen LogP contribution in [0.25, 0.3) is 0 Å². The summed E-state index contributed by atoms with van der Waals surface area (Å²) in [6, 6.07) is 0.812. The summed E-state index contributed by atoms with van der Waals surface area (Å²) in [6.07, 6.45) is 2.25. The van der Waals surface area contributed by atoms with Crippen molar-refractivity contribution in [3.8, 4) is 0 Å². The minimum Gasteiger partial charge on any atom is -0.548 e. The number of carboxylic acid groups (broad SMARTS) is 1. The molecule has 3 heterocycles. The van der Waals surface area contributed by atoms with Crippen molar-refractivity contribution in [3.63, 3.8) is 0 Å². The molecule has 0 amide bonds. The van der Waals surface area contributed by atoms with Gasteiger partial charge in [0.2, 0.25) is 0 Å². The predicted octanol–water partition coefficient (Wildman–Crippen LogP) is -3.04. The molecule has 1 atom stereocenters. The van der Waals surface area contributed by atoms with E-state index in [4.69, 9.17) is 4.74 Å². The fraction of sp³-hybridized carbons (Fsp3) is 0.625. The summed E-state index contributed by atoms with van der Waals surface area (Å²) in [6.45, 7) is 3.94. The van der Waals surface area contributed by atoms with E-state index in [1.54, 1.807) is 6.07 Å². The van der Waals surface area contributed by atoms with E-state index in [0.29, 0.717) is 11.7 Å². The Balaban J connectivity index is 0.00000169. The van der Waals surface area contributed by atoms with E-state index >= 15 is 0 Å². The maximum Gasteiger partial charge on any atom is 1.00 e. The monoisotopic (exact) mass is 342 g/mol. The standard InChI is InChI=1S/C16H20N2O4S.Li/c19-13-7-11(8-17-3-5-22-6-4-17)14(10-1-2-10)15-18(13)12(9-23-15)16(20)21;/h7,10,12H,1-6,8-9H2,(H,20,21);/q;+1/p-1/t12-;/m0./s1. The Hall–Kier alpha value is -0.713. The van der Waals surface area contributed by atoms with Crippen LogP contribution in [-0.2, 0) is 16.1 Å². The molecule has 0 radical (unpaired) electrons.